The molecule has 2 fully saturated rings. The van der Waals surface area contributed by atoms with Crippen molar-refractivity contribution in [1.82, 2.24) is 9.55 Å². The van der Waals surface area contributed by atoms with Crippen molar-refractivity contribution in [3.05, 3.63) is 18.7 Å². The van der Waals surface area contributed by atoms with Crippen LogP contribution in [0.5, 0.6) is 0 Å². The van der Waals surface area contributed by atoms with E-state index < -0.39 is 0 Å². The average Bonchev–Trinajstić information content (AvgIpc) is 3.02. The lowest BCUT2D eigenvalue weighted by Gasteiger charge is -2.38. The van der Waals surface area contributed by atoms with E-state index in [1.165, 1.54) is 37.9 Å². The first-order chi connectivity index (χ1) is 8.78. The quantitative estimate of drug-likeness (QED) is 0.833. The zero-order valence-corrected chi connectivity index (χ0v) is 12.7. The highest BCUT2D eigenvalue weighted by molar-refractivity contribution is 8.21. The van der Waals surface area contributed by atoms with Gasteiger partial charge < -0.3 is 4.57 Å². The molecule has 0 spiro atoms. The molecule has 1 aromatic rings. The van der Waals surface area contributed by atoms with Crippen LogP contribution >= 0.6 is 23.5 Å². The van der Waals surface area contributed by atoms with Crippen LogP contribution in [-0.2, 0) is 6.54 Å². The summed E-state index contributed by atoms with van der Waals surface area (Å²) in [7, 11) is 0. The number of rotatable bonds is 3. The highest BCUT2D eigenvalue weighted by Crippen LogP contribution is 2.56. The molecule has 1 aromatic heterocycles. The van der Waals surface area contributed by atoms with Gasteiger partial charge in [0.25, 0.3) is 0 Å². The van der Waals surface area contributed by atoms with Gasteiger partial charge in [-0.3, -0.25) is 0 Å². The number of hydrogen-bond donors (Lipinski definition) is 0. The first kappa shape index (κ1) is 12.9. The van der Waals surface area contributed by atoms with Gasteiger partial charge in [0.05, 0.1) is 10.4 Å². The van der Waals surface area contributed by atoms with E-state index >= 15 is 0 Å². The van der Waals surface area contributed by atoms with E-state index in [4.69, 9.17) is 0 Å². The fourth-order valence-corrected chi connectivity index (χ4v) is 7.28. The van der Waals surface area contributed by atoms with Crippen molar-refractivity contribution in [2.24, 2.45) is 5.92 Å². The minimum Gasteiger partial charge on any atom is -0.335 e. The van der Waals surface area contributed by atoms with Gasteiger partial charge >= 0.3 is 0 Å². The second kappa shape index (κ2) is 5.49. The van der Waals surface area contributed by atoms with Crippen molar-refractivity contribution in [2.75, 3.05) is 5.75 Å². The molecule has 2 nitrogen and oxygen atoms in total. The number of thioether (sulfide) groups is 2. The van der Waals surface area contributed by atoms with Crippen LogP contribution in [0.25, 0.3) is 0 Å². The van der Waals surface area contributed by atoms with Gasteiger partial charge in [0, 0.05) is 29.9 Å². The molecule has 2 atom stereocenters. The summed E-state index contributed by atoms with van der Waals surface area (Å²) in [5, 5.41) is 0.806. The second-order valence-corrected chi connectivity index (χ2v) is 9.00. The van der Waals surface area contributed by atoms with Gasteiger partial charge in [-0.2, -0.15) is 0 Å². The normalized spacial score (nSPS) is 33.9. The summed E-state index contributed by atoms with van der Waals surface area (Å²) in [6.45, 7) is 3.52. The van der Waals surface area contributed by atoms with Crippen LogP contribution in [0.15, 0.2) is 18.7 Å². The van der Waals surface area contributed by atoms with Crippen molar-refractivity contribution >= 4 is 23.5 Å². The van der Waals surface area contributed by atoms with Crippen LogP contribution in [0, 0.1) is 5.92 Å². The van der Waals surface area contributed by atoms with E-state index in [0.717, 1.165) is 17.7 Å². The molecule has 2 aliphatic rings. The van der Waals surface area contributed by atoms with E-state index in [0.29, 0.717) is 4.08 Å². The predicted octanol–water partition coefficient (Wildman–Crippen LogP) is 4.03. The largest absolute Gasteiger partial charge is 0.335 e. The number of nitrogens with zero attached hydrogens (tertiary/aromatic N) is 2. The lowest BCUT2D eigenvalue weighted by Crippen LogP contribution is -2.35. The molecule has 2 heterocycles. The van der Waals surface area contributed by atoms with Gasteiger partial charge in [-0.05, 0) is 18.8 Å². The SMILES string of the molecule is CC1CSC(Cn2ccnc2)(C2CCCCC2)S1. The summed E-state index contributed by atoms with van der Waals surface area (Å²) in [6, 6.07) is 0. The first-order valence-electron chi connectivity index (χ1n) is 7.06. The third kappa shape index (κ3) is 2.60. The van der Waals surface area contributed by atoms with Crippen LogP contribution in [0.1, 0.15) is 39.0 Å². The third-order valence-corrected chi connectivity index (χ3v) is 8.05. The van der Waals surface area contributed by atoms with Gasteiger partial charge in [-0.1, -0.05) is 26.2 Å². The Hall–Kier alpha value is -0.0900. The summed E-state index contributed by atoms with van der Waals surface area (Å²) in [5.41, 5.74) is 0. The summed E-state index contributed by atoms with van der Waals surface area (Å²) >= 11 is 4.45. The maximum absolute atomic E-state index is 4.20. The van der Waals surface area contributed by atoms with E-state index in [9.17, 15) is 0 Å². The second-order valence-electron chi connectivity index (χ2n) is 5.62. The van der Waals surface area contributed by atoms with Crippen LogP contribution in [-0.4, -0.2) is 24.6 Å². The van der Waals surface area contributed by atoms with Gasteiger partial charge in [0.15, 0.2) is 0 Å². The summed E-state index contributed by atoms with van der Waals surface area (Å²) in [4.78, 5) is 4.20. The fraction of sp³-hybridized carbons (Fsp3) is 0.786. The van der Waals surface area contributed by atoms with Gasteiger partial charge in [0.1, 0.15) is 0 Å². The smallest absolute Gasteiger partial charge is 0.0946 e. The first-order valence-corrected chi connectivity index (χ1v) is 8.92. The van der Waals surface area contributed by atoms with E-state index in [1.807, 2.05) is 12.5 Å². The third-order valence-electron chi connectivity index (χ3n) is 4.15. The van der Waals surface area contributed by atoms with E-state index in [-0.39, 0.29) is 0 Å². The Bertz CT molecular complexity index is 373. The topological polar surface area (TPSA) is 17.8 Å². The molecule has 0 amide bonds. The maximum Gasteiger partial charge on any atom is 0.0946 e. The Morgan fingerprint density at radius 1 is 1.33 bits per heavy atom. The molecule has 1 aliphatic carbocycles. The highest BCUT2D eigenvalue weighted by atomic mass is 32.2. The number of aromatic nitrogens is 2. The van der Waals surface area contributed by atoms with Gasteiger partial charge in [-0.25, -0.2) is 4.98 Å². The highest BCUT2D eigenvalue weighted by Gasteiger charge is 2.45. The van der Waals surface area contributed by atoms with Crippen molar-refractivity contribution in [3.63, 3.8) is 0 Å². The molecule has 0 N–H and O–H groups in total. The summed E-state index contributed by atoms with van der Waals surface area (Å²) < 4.78 is 2.70. The van der Waals surface area contributed by atoms with Crippen LogP contribution in [0.4, 0.5) is 0 Å². The minimum absolute atomic E-state index is 0.417. The number of imidazole rings is 1. The molecule has 1 saturated heterocycles. The van der Waals surface area contributed by atoms with E-state index in [1.54, 1.807) is 0 Å². The lowest BCUT2D eigenvalue weighted by atomic mass is 9.86. The Morgan fingerprint density at radius 3 is 2.78 bits per heavy atom. The Morgan fingerprint density at radius 2 is 2.17 bits per heavy atom. The molecule has 1 aliphatic heterocycles. The predicted molar refractivity (Wildman–Crippen MR) is 81.0 cm³/mol. The average molecular weight is 282 g/mol. The summed E-state index contributed by atoms with van der Waals surface area (Å²) in [5.74, 6) is 2.21. The molecule has 0 radical (unpaired) electrons. The molecule has 18 heavy (non-hydrogen) atoms. The van der Waals surface area contributed by atoms with Gasteiger partial charge in [-0.15, -0.1) is 23.5 Å². The van der Waals surface area contributed by atoms with E-state index in [2.05, 4.69) is 46.2 Å². The van der Waals surface area contributed by atoms with Crippen molar-refractivity contribution < 1.29 is 0 Å². The molecule has 3 rings (SSSR count). The van der Waals surface area contributed by atoms with Crippen molar-refractivity contribution in [1.29, 1.82) is 0 Å². The van der Waals surface area contributed by atoms with Crippen LogP contribution in [0.2, 0.25) is 0 Å². The minimum atomic E-state index is 0.417. The zero-order chi connectivity index (χ0) is 12.4. The molecule has 2 unspecified atom stereocenters. The van der Waals surface area contributed by atoms with Crippen LogP contribution in [0.3, 0.4) is 0 Å². The summed E-state index contributed by atoms with van der Waals surface area (Å²) in [6.07, 6.45) is 13.2. The molecule has 0 bridgehead atoms. The Kier molecular flexibility index (Phi) is 3.94. The zero-order valence-electron chi connectivity index (χ0n) is 11.0. The molecule has 0 aromatic carbocycles. The van der Waals surface area contributed by atoms with Crippen molar-refractivity contribution in [3.8, 4) is 0 Å². The fourth-order valence-electron chi connectivity index (χ4n) is 3.27. The molecule has 100 valence electrons. The maximum atomic E-state index is 4.20. The molecule has 1 saturated carbocycles. The standard InChI is InChI=1S/C14H22N2S2/c1-12-9-17-14(18-12,10-16-8-7-15-11-16)13-5-3-2-4-6-13/h7-8,11-13H,2-6,9-10H2,1H3. The molecular formula is C14H22N2S2. The Labute approximate surface area is 118 Å². The Balaban J connectivity index is 1.79. The molecular weight excluding hydrogens is 260 g/mol. The molecule has 4 heteroatoms. The van der Waals surface area contributed by atoms with Gasteiger partial charge in [0.2, 0.25) is 0 Å². The lowest BCUT2D eigenvalue weighted by molar-refractivity contribution is 0.317. The monoisotopic (exact) mass is 282 g/mol. The van der Waals surface area contributed by atoms with Crippen molar-refractivity contribution in [2.45, 2.75) is 54.9 Å². The number of hydrogen-bond acceptors (Lipinski definition) is 3. The van der Waals surface area contributed by atoms with Crippen LogP contribution < -0.4 is 0 Å².